The van der Waals surface area contributed by atoms with Crippen molar-refractivity contribution in [2.45, 2.75) is 124 Å². The number of hydrogen-bond donors (Lipinski definition) is 0. The van der Waals surface area contributed by atoms with Crippen LogP contribution in [0.15, 0.2) is 91.0 Å². The third-order valence-electron chi connectivity index (χ3n) is 14.3. The van der Waals surface area contributed by atoms with E-state index in [-0.39, 0.29) is 0 Å². The van der Waals surface area contributed by atoms with Gasteiger partial charge in [-0.3, -0.25) is 0 Å². The lowest BCUT2D eigenvalue weighted by molar-refractivity contribution is 0.201. The third kappa shape index (κ3) is 14.0. The molecular formula is C53H78O6. The molecule has 0 N–H and O–H groups in total. The molecule has 6 heteroatoms. The maximum Gasteiger partial charge on any atom is 0.119 e. The van der Waals surface area contributed by atoms with Gasteiger partial charge >= 0.3 is 0 Å². The van der Waals surface area contributed by atoms with Gasteiger partial charge < -0.3 is 28.4 Å². The Kier molecular flexibility index (Phi) is 18.3. The number of rotatable bonds is 9. The summed E-state index contributed by atoms with van der Waals surface area (Å²) >= 11 is 0. The van der Waals surface area contributed by atoms with Crippen LogP contribution in [-0.2, 0) is 14.2 Å². The van der Waals surface area contributed by atoms with Gasteiger partial charge in [0.15, 0.2) is 0 Å². The normalized spacial score (nSPS) is 34.6. The summed E-state index contributed by atoms with van der Waals surface area (Å²) in [7, 11) is 0. The van der Waals surface area contributed by atoms with E-state index < -0.39 is 0 Å². The van der Waals surface area contributed by atoms with E-state index in [1.165, 1.54) is 35.5 Å². The lowest BCUT2D eigenvalue weighted by Gasteiger charge is -2.29. The Morgan fingerprint density at radius 2 is 0.695 bits per heavy atom. The molecule has 4 bridgehead atoms. The highest BCUT2D eigenvalue weighted by Crippen LogP contribution is 2.61. The fraction of sp³-hybridized carbons (Fsp3) is 0.660. The second-order valence-electron chi connectivity index (χ2n) is 18.0. The van der Waals surface area contributed by atoms with Crippen LogP contribution < -0.4 is 14.2 Å². The molecule has 13 atom stereocenters. The molecule has 6 saturated carbocycles. The molecular weight excluding hydrogens is 733 g/mol. The lowest BCUT2D eigenvalue weighted by Crippen LogP contribution is -2.22. The fourth-order valence-electron chi connectivity index (χ4n) is 11.4. The molecule has 3 heterocycles. The fourth-order valence-corrected chi connectivity index (χ4v) is 11.4. The zero-order chi connectivity index (χ0) is 41.4. The Morgan fingerprint density at radius 3 is 0.983 bits per heavy atom. The van der Waals surface area contributed by atoms with E-state index in [1.807, 2.05) is 119 Å². The molecule has 6 nitrogen and oxygen atoms in total. The van der Waals surface area contributed by atoms with Crippen LogP contribution in [0, 0.1) is 59.2 Å². The molecule has 0 aromatic heterocycles. The monoisotopic (exact) mass is 811 g/mol. The summed E-state index contributed by atoms with van der Waals surface area (Å²) in [5, 5.41) is 0. The minimum Gasteiger partial charge on any atom is -0.491 e. The molecule has 59 heavy (non-hydrogen) atoms. The van der Waals surface area contributed by atoms with Crippen molar-refractivity contribution in [1.82, 2.24) is 0 Å². The van der Waals surface area contributed by atoms with E-state index in [1.54, 1.807) is 64.2 Å². The molecule has 13 unspecified atom stereocenters. The molecule has 9 aliphatic rings. The van der Waals surface area contributed by atoms with Crippen LogP contribution in [0.1, 0.15) is 106 Å². The van der Waals surface area contributed by atoms with Crippen molar-refractivity contribution in [3.05, 3.63) is 91.0 Å². The molecule has 9 fully saturated rings. The smallest absolute Gasteiger partial charge is 0.119 e. The van der Waals surface area contributed by atoms with Gasteiger partial charge in [-0.1, -0.05) is 109 Å². The molecule has 3 saturated heterocycles. The second-order valence-corrected chi connectivity index (χ2v) is 18.0. The first-order valence-corrected chi connectivity index (χ1v) is 24.0. The van der Waals surface area contributed by atoms with Gasteiger partial charge in [0.25, 0.3) is 0 Å². The van der Waals surface area contributed by atoms with Gasteiger partial charge in [-0.25, -0.2) is 0 Å². The molecule has 3 aromatic carbocycles. The Hall–Kier alpha value is -3.06. The van der Waals surface area contributed by atoms with E-state index in [2.05, 4.69) is 13.8 Å². The number of hydrogen-bond acceptors (Lipinski definition) is 6. The predicted molar refractivity (Wildman–Crippen MR) is 240 cm³/mol. The van der Waals surface area contributed by atoms with Gasteiger partial charge in [0.1, 0.15) is 55.4 Å². The van der Waals surface area contributed by atoms with Gasteiger partial charge in [-0.2, -0.15) is 0 Å². The van der Waals surface area contributed by atoms with Crippen molar-refractivity contribution in [1.29, 1.82) is 0 Å². The van der Waals surface area contributed by atoms with Crippen LogP contribution in [0.3, 0.4) is 0 Å². The van der Waals surface area contributed by atoms with Gasteiger partial charge in [-0.05, 0) is 147 Å². The van der Waals surface area contributed by atoms with Crippen LogP contribution in [0.4, 0.5) is 0 Å². The summed E-state index contributed by atoms with van der Waals surface area (Å²) in [5.74, 6) is 14.3. The maximum absolute atomic E-state index is 5.40. The number of benzene rings is 3. The summed E-state index contributed by atoms with van der Waals surface area (Å²) in [6.07, 6.45) is 16.8. The van der Waals surface area contributed by atoms with Crippen LogP contribution >= 0.6 is 0 Å². The van der Waals surface area contributed by atoms with Crippen molar-refractivity contribution in [2.24, 2.45) is 59.2 Å². The highest BCUT2D eigenvalue weighted by atomic mass is 16.6. The van der Waals surface area contributed by atoms with Crippen molar-refractivity contribution in [3.8, 4) is 17.2 Å². The van der Waals surface area contributed by atoms with E-state index in [9.17, 15) is 0 Å². The topological polar surface area (TPSA) is 65.3 Å². The SMILES string of the molecule is CC.CC.CC1CC2CC1C1CCCC21.CC1CC2CC1C1CCCC21.c1ccc(OCC2CO2)cc1.c1ccc(OCC2CO2)cc1.c1ccc(OCC2CO2)cc1. The molecule has 12 rings (SSSR count). The van der Waals surface area contributed by atoms with E-state index in [0.29, 0.717) is 38.1 Å². The van der Waals surface area contributed by atoms with Crippen LogP contribution in [-0.4, -0.2) is 58.0 Å². The van der Waals surface area contributed by atoms with Crippen molar-refractivity contribution < 1.29 is 28.4 Å². The number of ether oxygens (including phenoxy) is 6. The molecule has 3 aliphatic heterocycles. The minimum atomic E-state index is 0.343. The van der Waals surface area contributed by atoms with Crippen molar-refractivity contribution >= 4 is 0 Å². The highest BCUT2D eigenvalue weighted by Gasteiger charge is 2.53. The van der Waals surface area contributed by atoms with Crippen LogP contribution in [0.25, 0.3) is 0 Å². The van der Waals surface area contributed by atoms with E-state index >= 15 is 0 Å². The first kappa shape index (κ1) is 45.5. The van der Waals surface area contributed by atoms with E-state index in [0.717, 1.165) is 60.7 Å². The third-order valence-corrected chi connectivity index (χ3v) is 14.3. The number of epoxide rings is 3. The highest BCUT2D eigenvalue weighted by molar-refractivity contribution is 5.22. The second kappa shape index (κ2) is 23.8. The molecule has 0 amide bonds. The standard InChI is InChI=1S/2C11H18.3C9H10O2.2C2H6/c2*1-7-5-8-6-11(7)10-4-2-3-9(8)10;3*1-2-4-8(5-3-1)10-6-9-7-11-9;2*1-2/h2*7-11H,2-6H2,1H3;3*1-5,9H,6-7H2;2*1-2H3. The van der Waals surface area contributed by atoms with Crippen molar-refractivity contribution in [3.63, 3.8) is 0 Å². The molecule has 326 valence electrons. The Balaban J connectivity index is 0.000000121. The van der Waals surface area contributed by atoms with E-state index in [4.69, 9.17) is 28.4 Å². The molecule has 3 aromatic rings. The zero-order valence-electron chi connectivity index (χ0n) is 37.4. The number of para-hydroxylation sites is 3. The summed E-state index contributed by atoms with van der Waals surface area (Å²) < 4.78 is 31.2. The first-order chi connectivity index (χ1) is 29.1. The average Bonchev–Trinajstić information content (AvgIpc) is 4.23. The average molecular weight is 811 g/mol. The van der Waals surface area contributed by atoms with Gasteiger partial charge in [0, 0.05) is 0 Å². The summed E-state index contributed by atoms with van der Waals surface area (Å²) in [6, 6.07) is 29.4. The molecule has 6 aliphatic carbocycles. The van der Waals surface area contributed by atoms with Crippen molar-refractivity contribution in [2.75, 3.05) is 39.6 Å². The van der Waals surface area contributed by atoms with Crippen LogP contribution in [0.5, 0.6) is 17.2 Å². The quantitative estimate of drug-likeness (QED) is 0.201. The Morgan fingerprint density at radius 1 is 0.407 bits per heavy atom. The predicted octanol–water partition coefficient (Wildman–Crippen LogP) is 12.6. The lowest BCUT2D eigenvalue weighted by atomic mass is 9.77. The number of fused-ring (bicyclic) bond motifs is 10. The molecule has 0 spiro atoms. The summed E-state index contributed by atoms with van der Waals surface area (Å²) in [5.41, 5.74) is 0. The zero-order valence-corrected chi connectivity index (χ0v) is 37.4. The maximum atomic E-state index is 5.40. The Labute approximate surface area is 358 Å². The largest absolute Gasteiger partial charge is 0.491 e. The Bertz CT molecular complexity index is 1380. The van der Waals surface area contributed by atoms with Crippen LogP contribution in [0.2, 0.25) is 0 Å². The molecule has 0 radical (unpaired) electrons. The van der Waals surface area contributed by atoms with Gasteiger partial charge in [-0.15, -0.1) is 0 Å². The summed E-state index contributed by atoms with van der Waals surface area (Å²) in [6.45, 7) is 17.6. The minimum absolute atomic E-state index is 0.343. The van der Waals surface area contributed by atoms with Gasteiger partial charge in [0.05, 0.1) is 19.8 Å². The van der Waals surface area contributed by atoms with Gasteiger partial charge in [0.2, 0.25) is 0 Å². The summed E-state index contributed by atoms with van der Waals surface area (Å²) in [4.78, 5) is 0. The first-order valence-electron chi connectivity index (χ1n) is 24.0.